The number of hydrogen-bond donors (Lipinski definition) is 2. The maximum atomic E-state index is 12.8. The molecule has 5 nitrogen and oxygen atoms in total. The molecule has 3 rings (SSSR count). The van der Waals surface area contributed by atoms with E-state index in [2.05, 4.69) is 5.32 Å². The summed E-state index contributed by atoms with van der Waals surface area (Å²) in [4.78, 5) is 11.6. The lowest BCUT2D eigenvalue weighted by Crippen LogP contribution is -2.38. The number of carbonyl (C=O) groups is 1. The molecule has 0 aliphatic heterocycles. The van der Waals surface area contributed by atoms with Crippen LogP contribution in [0.4, 0.5) is 13.2 Å². The molecule has 0 aliphatic carbocycles. The Morgan fingerprint density at radius 1 is 0.967 bits per heavy atom. The van der Waals surface area contributed by atoms with Gasteiger partial charge in [0.15, 0.2) is 0 Å². The molecule has 30 heavy (non-hydrogen) atoms. The lowest BCUT2D eigenvalue weighted by Gasteiger charge is -2.16. The maximum Gasteiger partial charge on any atom is 0.416 e. The zero-order chi connectivity index (χ0) is 21.9. The maximum absolute atomic E-state index is 12.8. The standard InChI is InChI=1S/C21H19F3N2O3S/c1-14(16-10-9-15-5-2-3-6-17(15)11-16)26-20(27)13-25-30(28,29)19-8-4-7-18(12-19)21(22,23)24/h2-12,14,25H,13H2,1H3,(H,26,27). The van der Waals surface area contributed by atoms with Crippen molar-refractivity contribution in [3.8, 4) is 0 Å². The highest BCUT2D eigenvalue weighted by Crippen LogP contribution is 2.30. The van der Waals surface area contributed by atoms with Gasteiger partial charge in [-0.1, -0.05) is 42.5 Å². The zero-order valence-corrected chi connectivity index (χ0v) is 16.7. The van der Waals surface area contributed by atoms with Crippen molar-refractivity contribution in [2.75, 3.05) is 6.54 Å². The number of sulfonamides is 1. The van der Waals surface area contributed by atoms with E-state index in [1.54, 1.807) is 6.92 Å². The van der Waals surface area contributed by atoms with Crippen LogP contribution < -0.4 is 10.0 Å². The molecule has 0 saturated heterocycles. The second-order valence-corrected chi connectivity index (χ2v) is 8.51. The minimum absolute atomic E-state index is 0.389. The van der Waals surface area contributed by atoms with E-state index < -0.39 is 39.1 Å². The first-order valence-electron chi connectivity index (χ1n) is 9.01. The highest BCUT2D eigenvalue weighted by Gasteiger charge is 2.31. The predicted octanol–water partition coefficient (Wildman–Crippen LogP) is 4.01. The Hall–Kier alpha value is -2.91. The number of rotatable bonds is 6. The minimum atomic E-state index is -4.67. The van der Waals surface area contributed by atoms with Crippen LogP contribution in [-0.2, 0) is 21.0 Å². The van der Waals surface area contributed by atoms with Crippen LogP contribution >= 0.6 is 0 Å². The summed E-state index contributed by atoms with van der Waals surface area (Å²) in [7, 11) is -4.28. The van der Waals surface area contributed by atoms with Crippen molar-refractivity contribution < 1.29 is 26.4 Å². The Morgan fingerprint density at radius 3 is 2.37 bits per heavy atom. The third-order valence-corrected chi connectivity index (χ3v) is 5.94. The number of fused-ring (bicyclic) bond motifs is 1. The molecule has 0 aliphatic rings. The highest BCUT2D eigenvalue weighted by atomic mass is 32.2. The van der Waals surface area contributed by atoms with Crippen LogP contribution in [0.1, 0.15) is 24.1 Å². The van der Waals surface area contributed by atoms with Crippen LogP contribution in [0.25, 0.3) is 10.8 Å². The number of hydrogen-bond acceptors (Lipinski definition) is 3. The highest BCUT2D eigenvalue weighted by molar-refractivity contribution is 7.89. The minimum Gasteiger partial charge on any atom is -0.348 e. The van der Waals surface area contributed by atoms with Gasteiger partial charge in [0.25, 0.3) is 0 Å². The summed E-state index contributed by atoms with van der Waals surface area (Å²) in [5.41, 5.74) is -0.248. The van der Waals surface area contributed by atoms with E-state index in [0.717, 1.165) is 34.5 Å². The predicted molar refractivity (Wildman–Crippen MR) is 107 cm³/mol. The molecule has 0 spiro atoms. The van der Waals surface area contributed by atoms with Crippen molar-refractivity contribution in [1.29, 1.82) is 0 Å². The van der Waals surface area contributed by atoms with Crippen LogP contribution in [0.3, 0.4) is 0 Å². The number of alkyl halides is 3. The van der Waals surface area contributed by atoms with E-state index in [9.17, 15) is 26.4 Å². The average Bonchev–Trinajstić information content (AvgIpc) is 2.71. The molecule has 0 bridgehead atoms. The van der Waals surface area contributed by atoms with Gasteiger partial charge >= 0.3 is 6.18 Å². The fraction of sp³-hybridized carbons (Fsp3) is 0.190. The summed E-state index contributed by atoms with van der Waals surface area (Å²) in [6.07, 6.45) is -4.67. The molecule has 0 saturated carbocycles. The summed E-state index contributed by atoms with van der Waals surface area (Å²) in [5.74, 6) is -0.605. The van der Waals surface area contributed by atoms with Crippen molar-refractivity contribution in [2.24, 2.45) is 0 Å². The topological polar surface area (TPSA) is 75.3 Å². The molecule has 9 heteroatoms. The molecular formula is C21H19F3N2O3S. The Kier molecular flexibility index (Phi) is 6.14. The van der Waals surface area contributed by atoms with Crippen LogP contribution in [0, 0.1) is 0 Å². The van der Waals surface area contributed by atoms with Gasteiger partial charge in [-0.3, -0.25) is 4.79 Å². The van der Waals surface area contributed by atoms with E-state index >= 15 is 0 Å². The molecule has 0 heterocycles. The number of benzene rings is 3. The van der Waals surface area contributed by atoms with Gasteiger partial charge in [-0.2, -0.15) is 13.2 Å². The van der Waals surface area contributed by atoms with Gasteiger partial charge in [0, 0.05) is 0 Å². The number of nitrogens with one attached hydrogen (secondary N) is 2. The summed E-state index contributed by atoms with van der Waals surface area (Å²) < 4.78 is 64.9. The third kappa shape index (κ3) is 5.17. The molecule has 3 aromatic carbocycles. The second kappa shape index (κ2) is 8.45. The van der Waals surface area contributed by atoms with E-state index in [0.29, 0.717) is 6.07 Å². The van der Waals surface area contributed by atoms with E-state index in [1.807, 2.05) is 47.2 Å². The van der Waals surface area contributed by atoms with Crippen LogP contribution in [-0.4, -0.2) is 20.9 Å². The number of halogens is 3. The first-order chi connectivity index (χ1) is 14.1. The molecule has 158 valence electrons. The molecule has 3 aromatic rings. The van der Waals surface area contributed by atoms with Crippen molar-refractivity contribution >= 4 is 26.7 Å². The average molecular weight is 436 g/mol. The Bertz CT molecular complexity index is 1180. The third-order valence-electron chi connectivity index (χ3n) is 4.55. The smallest absolute Gasteiger partial charge is 0.348 e. The van der Waals surface area contributed by atoms with Crippen LogP contribution in [0.15, 0.2) is 71.6 Å². The van der Waals surface area contributed by atoms with Crippen molar-refractivity contribution in [3.05, 3.63) is 77.9 Å². The first-order valence-corrected chi connectivity index (χ1v) is 10.5. The summed E-state index contributed by atoms with van der Waals surface area (Å²) in [6.45, 7) is 1.15. The van der Waals surface area contributed by atoms with Gasteiger partial charge in [0.05, 0.1) is 23.0 Å². The molecule has 2 N–H and O–H groups in total. The fourth-order valence-electron chi connectivity index (χ4n) is 2.94. The summed E-state index contributed by atoms with van der Waals surface area (Å²) in [6, 6.07) is 16.4. The SMILES string of the molecule is CC(NC(=O)CNS(=O)(=O)c1cccc(C(F)(F)F)c1)c1ccc2ccccc2c1. The van der Waals surface area contributed by atoms with Crippen molar-refractivity contribution in [3.63, 3.8) is 0 Å². The van der Waals surface area contributed by atoms with Gasteiger partial charge in [0.2, 0.25) is 15.9 Å². The normalized spacial score (nSPS) is 13.2. The van der Waals surface area contributed by atoms with Crippen molar-refractivity contribution in [1.82, 2.24) is 10.0 Å². The quantitative estimate of drug-likeness (QED) is 0.613. The van der Waals surface area contributed by atoms with Crippen molar-refractivity contribution in [2.45, 2.75) is 24.0 Å². The Balaban J connectivity index is 1.64. The molecule has 1 amide bonds. The van der Waals surface area contributed by atoms with Crippen LogP contribution in [0.5, 0.6) is 0 Å². The van der Waals surface area contributed by atoms with Gasteiger partial charge in [-0.05, 0) is 47.5 Å². The molecule has 1 unspecified atom stereocenters. The largest absolute Gasteiger partial charge is 0.416 e. The molecule has 0 fully saturated rings. The van der Waals surface area contributed by atoms with Crippen LogP contribution in [0.2, 0.25) is 0 Å². The number of amides is 1. The molecule has 1 atom stereocenters. The molecule has 0 radical (unpaired) electrons. The molecular weight excluding hydrogens is 417 g/mol. The van der Waals surface area contributed by atoms with Gasteiger partial charge in [0.1, 0.15) is 0 Å². The molecule has 0 aromatic heterocycles. The van der Waals surface area contributed by atoms with E-state index in [-0.39, 0.29) is 6.04 Å². The lowest BCUT2D eigenvalue weighted by molar-refractivity contribution is -0.137. The van der Waals surface area contributed by atoms with E-state index in [4.69, 9.17) is 0 Å². The Morgan fingerprint density at radius 2 is 1.67 bits per heavy atom. The van der Waals surface area contributed by atoms with Gasteiger partial charge in [-0.25, -0.2) is 13.1 Å². The second-order valence-electron chi connectivity index (χ2n) is 6.75. The Labute approximate surface area is 172 Å². The van der Waals surface area contributed by atoms with Gasteiger partial charge in [-0.15, -0.1) is 0 Å². The van der Waals surface area contributed by atoms with E-state index in [1.165, 1.54) is 0 Å². The summed E-state index contributed by atoms with van der Waals surface area (Å²) in [5, 5.41) is 4.73. The lowest BCUT2D eigenvalue weighted by atomic mass is 10.0. The van der Waals surface area contributed by atoms with Gasteiger partial charge < -0.3 is 5.32 Å². The monoisotopic (exact) mass is 436 g/mol. The first kappa shape index (κ1) is 21.8. The zero-order valence-electron chi connectivity index (χ0n) is 15.9. The fourth-order valence-corrected chi connectivity index (χ4v) is 3.96. The number of carbonyl (C=O) groups excluding carboxylic acids is 1. The summed E-state index contributed by atoms with van der Waals surface area (Å²) >= 11 is 0.